The van der Waals surface area contributed by atoms with E-state index < -0.39 is 0 Å². The third-order valence-electron chi connectivity index (χ3n) is 4.89. The molecule has 0 aliphatic heterocycles. The normalized spacial score (nSPS) is 20.5. The minimum absolute atomic E-state index is 0.579. The Morgan fingerprint density at radius 2 is 1.83 bits per heavy atom. The van der Waals surface area contributed by atoms with E-state index in [1.54, 1.807) is 0 Å². The Balaban J connectivity index is 2.56. The van der Waals surface area contributed by atoms with Crippen molar-refractivity contribution in [3.63, 3.8) is 0 Å². The highest BCUT2D eigenvalue weighted by atomic mass is 14.9. The Bertz CT molecular complexity index is 206. The van der Waals surface area contributed by atoms with E-state index in [0.29, 0.717) is 11.5 Å². The van der Waals surface area contributed by atoms with Crippen LogP contribution in [0.1, 0.15) is 85.5 Å². The van der Waals surface area contributed by atoms with Crippen LogP contribution in [0, 0.1) is 11.3 Å². The predicted octanol–water partition coefficient (Wildman–Crippen LogP) is 5.15. The quantitative estimate of drug-likeness (QED) is 0.599. The van der Waals surface area contributed by atoms with Crippen LogP contribution < -0.4 is 5.32 Å². The van der Waals surface area contributed by atoms with Crippen LogP contribution in [-0.2, 0) is 0 Å². The summed E-state index contributed by atoms with van der Waals surface area (Å²) in [6, 6.07) is 0.626. The molecule has 1 N–H and O–H groups in total. The molecule has 0 aromatic heterocycles. The molecule has 0 amide bonds. The lowest BCUT2D eigenvalue weighted by molar-refractivity contribution is 0.171. The second-order valence-corrected chi connectivity index (χ2v) is 6.85. The van der Waals surface area contributed by atoms with Crippen LogP contribution in [0.2, 0.25) is 0 Å². The van der Waals surface area contributed by atoms with Crippen molar-refractivity contribution in [2.75, 3.05) is 6.54 Å². The maximum atomic E-state index is 3.72. The Kier molecular flexibility index (Phi) is 7.29. The molecule has 0 bridgehead atoms. The van der Waals surface area contributed by atoms with Gasteiger partial charge in [0.05, 0.1) is 0 Å². The fourth-order valence-corrected chi connectivity index (χ4v) is 3.51. The topological polar surface area (TPSA) is 12.0 Å². The zero-order chi connectivity index (χ0) is 13.4. The van der Waals surface area contributed by atoms with Crippen molar-refractivity contribution in [2.24, 2.45) is 11.3 Å². The lowest BCUT2D eigenvalue weighted by atomic mass is 9.73. The third kappa shape index (κ3) is 5.30. The molecule has 1 rings (SSSR count). The van der Waals surface area contributed by atoms with Crippen LogP contribution in [0.25, 0.3) is 0 Å². The summed E-state index contributed by atoms with van der Waals surface area (Å²) in [5, 5.41) is 3.72. The van der Waals surface area contributed by atoms with Crippen molar-refractivity contribution >= 4 is 0 Å². The molecule has 0 aromatic carbocycles. The number of hydrogen-bond acceptors (Lipinski definition) is 1. The summed E-state index contributed by atoms with van der Waals surface area (Å²) < 4.78 is 0. The van der Waals surface area contributed by atoms with Crippen LogP contribution in [0.5, 0.6) is 0 Å². The van der Waals surface area contributed by atoms with Gasteiger partial charge in [0.25, 0.3) is 0 Å². The first-order valence-electron chi connectivity index (χ1n) is 8.35. The van der Waals surface area contributed by atoms with E-state index >= 15 is 0 Å². The summed E-state index contributed by atoms with van der Waals surface area (Å²) in [5.74, 6) is 1.02. The molecule has 1 nitrogen and oxygen atoms in total. The van der Waals surface area contributed by atoms with E-state index in [2.05, 4.69) is 33.0 Å². The summed E-state index contributed by atoms with van der Waals surface area (Å²) in [5.41, 5.74) is 0.579. The van der Waals surface area contributed by atoms with Crippen LogP contribution >= 0.6 is 0 Å². The Morgan fingerprint density at radius 1 is 1.17 bits per heavy atom. The second-order valence-electron chi connectivity index (χ2n) is 6.85. The Labute approximate surface area is 115 Å². The second kappa shape index (κ2) is 8.19. The predicted molar refractivity (Wildman–Crippen MR) is 82.0 cm³/mol. The van der Waals surface area contributed by atoms with Crippen LogP contribution in [-0.4, -0.2) is 12.6 Å². The van der Waals surface area contributed by atoms with Crippen molar-refractivity contribution in [3.8, 4) is 0 Å². The van der Waals surface area contributed by atoms with E-state index in [-0.39, 0.29) is 0 Å². The zero-order valence-electron chi connectivity index (χ0n) is 13.2. The Hall–Kier alpha value is -0.0400. The van der Waals surface area contributed by atoms with Crippen molar-refractivity contribution < 1.29 is 0 Å². The zero-order valence-corrected chi connectivity index (χ0v) is 13.2. The molecule has 0 aromatic rings. The summed E-state index contributed by atoms with van der Waals surface area (Å²) in [7, 11) is 0. The van der Waals surface area contributed by atoms with Gasteiger partial charge >= 0.3 is 0 Å². The van der Waals surface area contributed by atoms with Crippen molar-refractivity contribution in [1.29, 1.82) is 0 Å². The highest BCUT2D eigenvalue weighted by Gasteiger charge is 2.31. The first-order chi connectivity index (χ1) is 8.62. The minimum Gasteiger partial charge on any atom is -0.314 e. The highest BCUT2D eigenvalue weighted by molar-refractivity contribution is 4.85. The maximum absolute atomic E-state index is 3.72. The molecular formula is C17H35N. The van der Waals surface area contributed by atoms with Gasteiger partial charge in [-0.15, -0.1) is 0 Å². The summed E-state index contributed by atoms with van der Waals surface area (Å²) >= 11 is 0. The van der Waals surface area contributed by atoms with Crippen molar-refractivity contribution in [1.82, 2.24) is 5.32 Å². The maximum Gasteiger partial charge on any atom is 0.00106 e. The van der Waals surface area contributed by atoms with Gasteiger partial charge < -0.3 is 5.32 Å². The molecule has 0 heterocycles. The van der Waals surface area contributed by atoms with E-state index in [1.165, 1.54) is 64.3 Å². The van der Waals surface area contributed by atoms with Crippen LogP contribution in [0.15, 0.2) is 0 Å². The Morgan fingerprint density at radius 3 is 2.33 bits per heavy atom. The van der Waals surface area contributed by atoms with Gasteiger partial charge in [-0.05, 0) is 30.6 Å². The van der Waals surface area contributed by atoms with E-state index in [0.717, 1.165) is 5.92 Å². The monoisotopic (exact) mass is 253 g/mol. The summed E-state index contributed by atoms with van der Waals surface area (Å²) in [6.07, 6.45) is 13.0. The SMILES string of the molecule is CCCCC(CC)(CNC(C)C)CC1CCCC1. The van der Waals surface area contributed by atoms with Gasteiger partial charge in [-0.2, -0.15) is 0 Å². The van der Waals surface area contributed by atoms with Gasteiger partial charge in [0.1, 0.15) is 0 Å². The fourth-order valence-electron chi connectivity index (χ4n) is 3.51. The minimum atomic E-state index is 0.579. The molecule has 0 radical (unpaired) electrons. The lowest BCUT2D eigenvalue weighted by Gasteiger charge is -2.36. The van der Waals surface area contributed by atoms with Crippen molar-refractivity contribution in [3.05, 3.63) is 0 Å². The van der Waals surface area contributed by atoms with Crippen molar-refractivity contribution in [2.45, 2.75) is 91.5 Å². The molecule has 1 unspecified atom stereocenters. The average Bonchev–Trinajstić information content (AvgIpc) is 2.85. The van der Waals surface area contributed by atoms with E-state index in [4.69, 9.17) is 0 Å². The fraction of sp³-hybridized carbons (Fsp3) is 1.00. The van der Waals surface area contributed by atoms with E-state index in [1.807, 2.05) is 0 Å². The molecule has 1 aliphatic carbocycles. The lowest BCUT2D eigenvalue weighted by Crippen LogP contribution is -2.38. The molecule has 1 heteroatoms. The van der Waals surface area contributed by atoms with Gasteiger partial charge in [0, 0.05) is 12.6 Å². The molecule has 18 heavy (non-hydrogen) atoms. The molecule has 0 saturated heterocycles. The van der Waals surface area contributed by atoms with Crippen LogP contribution in [0.3, 0.4) is 0 Å². The molecule has 1 fully saturated rings. The molecule has 0 spiro atoms. The highest BCUT2D eigenvalue weighted by Crippen LogP contribution is 2.41. The van der Waals surface area contributed by atoms with Gasteiger partial charge in [0.15, 0.2) is 0 Å². The largest absolute Gasteiger partial charge is 0.314 e. The smallest absolute Gasteiger partial charge is 0.00106 e. The number of unbranched alkanes of at least 4 members (excludes halogenated alkanes) is 1. The van der Waals surface area contributed by atoms with Gasteiger partial charge in [-0.1, -0.05) is 66.2 Å². The van der Waals surface area contributed by atoms with Gasteiger partial charge in [-0.3, -0.25) is 0 Å². The first-order valence-corrected chi connectivity index (χ1v) is 8.35. The molecule has 1 saturated carbocycles. The molecular weight excluding hydrogens is 218 g/mol. The van der Waals surface area contributed by atoms with Gasteiger partial charge in [0.2, 0.25) is 0 Å². The van der Waals surface area contributed by atoms with Crippen LogP contribution in [0.4, 0.5) is 0 Å². The number of rotatable bonds is 9. The third-order valence-corrected chi connectivity index (χ3v) is 4.89. The number of nitrogens with one attached hydrogen (secondary N) is 1. The standard InChI is InChI=1S/C17H35N/c1-5-7-12-17(6-2,14-18-15(3)4)13-16-10-8-9-11-16/h15-16,18H,5-14H2,1-4H3. The summed E-state index contributed by atoms with van der Waals surface area (Å²) in [4.78, 5) is 0. The summed E-state index contributed by atoms with van der Waals surface area (Å²) in [6.45, 7) is 10.5. The molecule has 108 valence electrons. The van der Waals surface area contributed by atoms with Gasteiger partial charge in [-0.25, -0.2) is 0 Å². The first kappa shape index (κ1) is 16.0. The van der Waals surface area contributed by atoms with E-state index in [9.17, 15) is 0 Å². The molecule has 1 aliphatic rings. The average molecular weight is 253 g/mol. The molecule has 1 atom stereocenters. The number of hydrogen-bond donors (Lipinski definition) is 1.